The third kappa shape index (κ3) is 5.06. The second kappa shape index (κ2) is 8.08. The molecule has 2 N–H and O–H groups in total. The molecule has 0 aliphatic carbocycles. The fourth-order valence-electron chi connectivity index (χ4n) is 2.93. The minimum Gasteiger partial charge on any atom is -0.478 e. The molecule has 144 valence electrons. The number of likely N-dealkylation sites (N-methyl/N-ethyl adjacent to an activating group) is 1. The number of hydrogen-bond donors (Lipinski definition) is 2. The zero-order valence-corrected chi connectivity index (χ0v) is 15.9. The lowest BCUT2D eigenvalue weighted by Gasteiger charge is -2.32. The van der Waals surface area contributed by atoms with Crippen molar-refractivity contribution in [3.05, 3.63) is 59.7 Å². The molecule has 1 saturated heterocycles. The summed E-state index contributed by atoms with van der Waals surface area (Å²) in [6.07, 6.45) is 0. The molecular formula is C19H23N3O4S. The molecule has 0 aromatic heterocycles. The molecule has 7 nitrogen and oxygen atoms in total. The molecule has 0 atom stereocenters. The number of nitrogens with zero attached hydrogens (tertiary/aromatic N) is 2. The topological polar surface area (TPSA) is 90.0 Å². The van der Waals surface area contributed by atoms with Gasteiger partial charge in [-0.2, -0.15) is 0 Å². The first-order chi connectivity index (χ1) is 12.8. The second-order valence-corrected chi connectivity index (χ2v) is 8.39. The number of carbonyl (C=O) groups is 1. The maximum atomic E-state index is 12.4. The molecule has 1 aliphatic rings. The van der Waals surface area contributed by atoms with Crippen LogP contribution in [0.1, 0.15) is 15.9 Å². The van der Waals surface area contributed by atoms with Crippen molar-refractivity contribution in [3.63, 3.8) is 0 Å². The summed E-state index contributed by atoms with van der Waals surface area (Å²) in [5, 5.41) is 8.90. The van der Waals surface area contributed by atoms with E-state index in [1.165, 1.54) is 24.3 Å². The number of piperazine rings is 1. The SMILES string of the molecule is CN1CCN(Cc2ccc(NS(=O)(=O)c3ccc(C(=O)O)cc3)cc2)CC1. The van der Waals surface area contributed by atoms with E-state index in [1.807, 2.05) is 12.1 Å². The lowest BCUT2D eigenvalue weighted by molar-refractivity contribution is 0.0696. The van der Waals surface area contributed by atoms with Gasteiger partial charge >= 0.3 is 5.97 Å². The van der Waals surface area contributed by atoms with Crippen molar-refractivity contribution in [1.82, 2.24) is 9.80 Å². The Labute approximate surface area is 159 Å². The fourth-order valence-corrected chi connectivity index (χ4v) is 3.99. The Balaban J connectivity index is 1.63. The Bertz CT molecular complexity index is 888. The van der Waals surface area contributed by atoms with Crippen LogP contribution in [0, 0.1) is 0 Å². The highest BCUT2D eigenvalue weighted by Gasteiger charge is 2.16. The molecule has 1 fully saturated rings. The normalized spacial score (nSPS) is 16.2. The van der Waals surface area contributed by atoms with Crippen LogP contribution in [0.3, 0.4) is 0 Å². The van der Waals surface area contributed by atoms with Crippen LogP contribution in [0.15, 0.2) is 53.4 Å². The molecule has 1 aliphatic heterocycles. The summed E-state index contributed by atoms with van der Waals surface area (Å²) >= 11 is 0. The van der Waals surface area contributed by atoms with Crippen molar-refractivity contribution in [1.29, 1.82) is 0 Å². The van der Waals surface area contributed by atoms with Gasteiger partial charge in [-0.25, -0.2) is 13.2 Å². The maximum Gasteiger partial charge on any atom is 0.335 e. The molecule has 0 radical (unpaired) electrons. The lowest BCUT2D eigenvalue weighted by atomic mass is 10.2. The highest BCUT2D eigenvalue weighted by Crippen LogP contribution is 2.18. The minimum absolute atomic E-state index is 0.0222. The van der Waals surface area contributed by atoms with Crippen molar-refractivity contribution >= 4 is 21.7 Å². The second-order valence-electron chi connectivity index (χ2n) is 6.71. The summed E-state index contributed by atoms with van der Waals surface area (Å²) in [5.74, 6) is -1.09. The first kappa shape index (κ1) is 19.3. The number of rotatable bonds is 6. The van der Waals surface area contributed by atoms with Gasteiger partial charge in [0.25, 0.3) is 10.0 Å². The Kier molecular flexibility index (Phi) is 5.79. The van der Waals surface area contributed by atoms with E-state index in [0.29, 0.717) is 5.69 Å². The van der Waals surface area contributed by atoms with E-state index in [9.17, 15) is 13.2 Å². The van der Waals surface area contributed by atoms with E-state index in [1.54, 1.807) is 12.1 Å². The zero-order valence-electron chi connectivity index (χ0n) is 15.1. The van der Waals surface area contributed by atoms with Crippen molar-refractivity contribution in [2.24, 2.45) is 0 Å². The summed E-state index contributed by atoms with van der Waals surface area (Å²) in [5.41, 5.74) is 1.65. The highest BCUT2D eigenvalue weighted by molar-refractivity contribution is 7.92. The highest BCUT2D eigenvalue weighted by atomic mass is 32.2. The minimum atomic E-state index is -3.76. The maximum absolute atomic E-state index is 12.4. The third-order valence-electron chi connectivity index (χ3n) is 4.62. The monoisotopic (exact) mass is 389 g/mol. The number of carboxylic acids is 1. The van der Waals surface area contributed by atoms with E-state index in [0.717, 1.165) is 38.3 Å². The Morgan fingerprint density at radius 3 is 2.15 bits per heavy atom. The average Bonchev–Trinajstić information content (AvgIpc) is 2.65. The van der Waals surface area contributed by atoms with E-state index >= 15 is 0 Å². The summed E-state index contributed by atoms with van der Waals surface area (Å²) in [6, 6.07) is 12.4. The molecule has 0 amide bonds. The van der Waals surface area contributed by atoms with Crippen LogP contribution >= 0.6 is 0 Å². The number of carboxylic acid groups (broad SMARTS) is 1. The molecule has 2 aromatic rings. The summed E-state index contributed by atoms with van der Waals surface area (Å²) < 4.78 is 27.4. The van der Waals surface area contributed by atoms with Gasteiger partial charge in [-0.15, -0.1) is 0 Å². The van der Waals surface area contributed by atoms with Gasteiger partial charge in [0, 0.05) is 38.4 Å². The zero-order chi connectivity index (χ0) is 19.4. The Hall–Kier alpha value is -2.42. The lowest BCUT2D eigenvalue weighted by Crippen LogP contribution is -2.43. The van der Waals surface area contributed by atoms with E-state index in [2.05, 4.69) is 21.6 Å². The molecular weight excluding hydrogens is 366 g/mol. The molecule has 8 heteroatoms. The molecule has 0 unspecified atom stereocenters. The first-order valence-electron chi connectivity index (χ1n) is 8.69. The van der Waals surface area contributed by atoms with E-state index < -0.39 is 16.0 Å². The van der Waals surface area contributed by atoms with Crippen LogP contribution in [-0.2, 0) is 16.6 Å². The van der Waals surface area contributed by atoms with Crippen LogP contribution in [0.5, 0.6) is 0 Å². The molecule has 1 heterocycles. The quantitative estimate of drug-likeness (QED) is 0.785. The molecule has 0 saturated carbocycles. The van der Waals surface area contributed by atoms with Crippen molar-refractivity contribution in [2.75, 3.05) is 37.9 Å². The number of benzene rings is 2. The van der Waals surface area contributed by atoms with Gasteiger partial charge in [-0.3, -0.25) is 9.62 Å². The number of anilines is 1. The predicted octanol–water partition coefficient (Wildman–Crippen LogP) is 1.93. The van der Waals surface area contributed by atoms with Crippen molar-refractivity contribution < 1.29 is 18.3 Å². The third-order valence-corrected chi connectivity index (χ3v) is 6.02. The molecule has 0 spiro atoms. The number of sulfonamides is 1. The molecule has 27 heavy (non-hydrogen) atoms. The number of nitrogens with one attached hydrogen (secondary N) is 1. The van der Waals surface area contributed by atoms with Crippen molar-refractivity contribution in [2.45, 2.75) is 11.4 Å². The molecule has 3 rings (SSSR count). The van der Waals surface area contributed by atoms with Crippen LogP contribution in [-0.4, -0.2) is 62.5 Å². The van der Waals surface area contributed by atoms with Gasteiger partial charge in [0.1, 0.15) is 0 Å². The largest absolute Gasteiger partial charge is 0.478 e. The summed E-state index contributed by atoms with van der Waals surface area (Å²) in [4.78, 5) is 15.6. The Morgan fingerprint density at radius 2 is 1.59 bits per heavy atom. The number of aromatic carboxylic acids is 1. The van der Waals surface area contributed by atoms with Crippen LogP contribution in [0.25, 0.3) is 0 Å². The van der Waals surface area contributed by atoms with Gasteiger partial charge in [0.2, 0.25) is 0 Å². The summed E-state index contributed by atoms with van der Waals surface area (Å²) in [7, 11) is -1.64. The van der Waals surface area contributed by atoms with Gasteiger partial charge in [0.15, 0.2) is 0 Å². The van der Waals surface area contributed by atoms with Crippen molar-refractivity contribution in [3.8, 4) is 0 Å². The predicted molar refractivity (Wildman–Crippen MR) is 103 cm³/mol. The fraction of sp³-hybridized carbons (Fsp3) is 0.316. The van der Waals surface area contributed by atoms with Gasteiger partial charge in [-0.1, -0.05) is 12.1 Å². The van der Waals surface area contributed by atoms with Gasteiger partial charge < -0.3 is 10.0 Å². The number of hydrogen-bond acceptors (Lipinski definition) is 5. The molecule has 2 aromatic carbocycles. The van der Waals surface area contributed by atoms with Gasteiger partial charge in [-0.05, 0) is 49.0 Å². The van der Waals surface area contributed by atoms with Crippen LogP contribution in [0.4, 0.5) is 5.69 Å². The standard InChI is InChI=1S/C19H23N3O4S/c1-21-10-12-22(13-11-21)14-15-2-6-17(7-3-15)20-27(25,26)18-8-4-16(5-9-18)19(23)24/h2-9,20H,10-14H2,1H3,(H,23,24). The van der Waals surface area contributed by atoms with E-state index in [-0.39, 0.29) is 10.5 Å². The summed E-state index contributed by atoms with van der Waals surface area (Å²) in [6.45, 7) is 5.00. The van der Waals surface area contributed by atoms with Gasteiger partial charge in [0.05, 0.1) is 10.5 Å². The van der Waals surface area contributed by atoms with Crippen LogP contribution in [0.2, 0.25) is 0 Å². The first-order valence-corrected chi connectivity index (χ1v) is 10.2. The van der Waals surface area contributed by atoms with Crippen LogP contribution < -0.4 is 4.72 Å². The molecule has 0 bridgehead atoms. The van der Waals surface area contributed by atoms with E-state index in [4.69, 9.17) is 5.11 Å². The Morgan fingerprint density at radius 1 is 1.00 bits per heavy atom. The average molecular weight is 389 g/mol. The smallest absolute Gasteiger partial charge is 0.335 e.